The average molecular weight is 589 g/mol. The maximum absolute atomic E-state index is 13.1. The van der Waals surface area contributed by atoms with Crippen molar-refractivity contribution >= 4 is 40.8 Å². The molecule has 2 amide bonds. The van der Waals surface area contributed by atoms with Crippen LogP contribution in [0.2, 0.25) is 0 Å². The number of hydrogen-bond donors (Lipinski definition) is 3. The van der Waals surface area contributed by atoms with Crippen molar-refractivity contribution in [3.63, 3.8) is 0 Å². The molecule has 8 nitrogen and oxygen atoms in total. The Bertz CT molecular complexity index is 1450. The topological polar surface area (TPSA) is 102 Å². The summed E-state index contributed by atoms with van der Waals surface area (Å²) in [6.07, 6.45) is 10.5. The number of fused-ring (bicyclic) bond motifs is 1. The first-order chi connectivity index (χ1) is 20.0. The van der Waals surface area contributed by atoms with Gasteiger partial charge in [-0.1, -0.05) is 35.5 Å². The summed E-state index contributed by atoms with van der Waals surface area (Å²) in [5.41, 5.74) is 7.37. The largest absolute Gasteiger partial charge is 0.481 e. The van der Waals surface area contributed by atoms with Crippen LogP contribution in [0.4, 0.5) is 5.69 Å². The molecule has 0 unspecified atom stereocenters. The smallest absolute Gasteiger partial charge is 0.307 e. The Kier molecular flexibility index (Phi) is 10.3. The number of nitrogens with zero attached hydrogens (tertiary/aromatic N) is 2. The second-order valence-corrected chi connectivity index (χ2v) is 12.2. The Balaban J connectivity index is 1.50. The molecule has 0 bridgehead atoms. The highest BCUT2D eigenvalue weighted by Gasteiger charge is 2.26. The Hall–Kier alpha value is -3.82. The molecule has 2 heterocycles. The van der Waals surface area contributed by atoms with Gasteiger partial charge in [0, 0.05) is 65.0 Å². The van der Waals surface area contributed by atoms with Crippen LogP contribution in [0.3, 0.4) is 0 Å². The number of amides is 2. The molecule has 2 aliphatic heterocycles. The molecule has 0 aromatic heterocycles. The number of piperazine rings is 1. The summed E-state index contributed by atoms with van der Waals surface area (Å²) >= 11 is 1.67. The first-order valence-corrected chi connectivity index (χ1v) is 15.2. The summed E-state index contributed by atoms with van der Waals surface area (Å²) in [6, 6.07) is 5.96. The van der Waals surface area contributed by atoms with Crippen LogP contribution in [0, 0.1) is 0 Å². The van der Waals surface area contributed by atoms with Crippen molar-refractivity contribution in [1.29, 1.82) is 0 Å². The van der Waals surface area contributed by atoms with Crippen LogP contribution in [0.5, 0.6) is 0 Å². The second kappa shape index (κ2) is 13.9. The van der Waals surface area contributed by atoms with Crippen LogP contribution in [0.25, 0.3) is 5.57 Å². The van der Waals surface area contributed by atoms with Crippen LogP contribution in [0.1, 0.15) is 46.1 Å². The van der Waals surface area contributed by atoms with Gasteiger partial charge >= 0.3 is 5.97 Å². The minimum atomic E-state index is -0.821. The summed E-state index contributed by atoms with van der Waals surface area (Å²) in [6.45, 7) is 10.9. The van der Waals surface area contributed by atoms with E-state index in [0.29, 0.717) is 30.7 Å². The number of carbonyl (C=O) groups is 3. The van der Waals surface area contributed by atoms with E-state index in [1.165, 1.54) is 0 Å². The standard InChI is InChI=1S/C33H40N4O4S/c1-21(2)30(34-23(4)22(3)33(41)37-15-13-36(5)14-16-37)19-28-27-18-26(11-12-29(27)35-32(28)40)42-20-25-8-6-7-24(9-10-25)17-31(38)39/h6,8-12,18-19,34H,7,13-17,20H2,1-5H3,(H,35,40)(H,38,39)/b23-22+,28-19-. The SMILES string of the molecule is CC(C)=C(/C=C1\C(=O)Nc2ccc(SCC3=CC=C(CC(=O)O)CC=C3)cc21)N/C(C)=C(\C)C(=O)N1CCN(C)CC1. The van der Waals surface area contributed by atoms with Gasteiger partial charge in [-0.05, 0) is 71.0 Å². The number of benzene rings is 1. The molecular formula is C33H40N4O4S. The van der Waals surface area contributed by atoms with E-state index in [1.807, 2.05) is 81.2 Å². The molecule has 3 N–H and O–H groups in total. The highest BCUT2D eigenvalue weighted by molar-refractivity contribution is 7.99. The lowest BCUT2D eigenvalue weighted by molar-refractivity contribution is -0.136. The molecule has 222 valence electrons. The molecule has 1 saturated heterocycles. The van der Waals surface area contributed by atoms with Gasteiger partial charge in [-0.25, -0.2) is 0 Å². The number of hydrogen-bond acceptors (Lipinski definition) is 6. The third-order valence-corrected chi connectivity index (χ3v) is 8.69. The van der Waals surface area contributed by atoms with E-state index < -0.39 is 5.97 Å². The van der Waals surface area contributed by atoms with Gasteiger partial charge in [0.1, 0.15) is 0 Å². The molecule has 4 rings (SSSR count). The van der Waals surface area contributed by atoms with E-state index >= 15 is 0 Å². The van der Waals surface area contributed by atoms with Gasteiger partial charge in [0.15, 0.2) is 0 Å². The van der Waals surface area contributed by atoms with Crippen LogP contribution in [-0.2, 0) is 14.4 Å². The Morgan fingerprint density at radius 3 is 2.52 bits per heavy atom. The number of carboxylic acid groups (broad SMARTS) is 1. The van der Waals surface area contributed by atoms with E-state index in [4.69, 9.17) is 5.11 Å². The minimum absolute atomic E-state index is 0.0340. The minimum Gasteiger partial charge on any atom is -0.481 e. The van der Waals surface area contributed by atoms with Gasteiger partial charge in [-0.3, -0.25) is 14.4 Å². The fourth-order valence-corrected chi connectivity index (χ4v) is 5.74. The average Bonchev–Trinajstić information content (AvgIpc) is 3.09. The molecule has 42 heavy (non-hydrogen) atoms. The lowest BCUT2D eigenvalue weighted by Crippen LogP contribution is -2.47. The van der Waals surface area contributed by atoms with Crippen LogP contribution < -0.4 is 10.6 Å². The van der Waals surface area contributed by atoms with Crippen molar-refractivity contribution in [1.82, 2.24) is 15.1 Å². The number of allylic oxidation sites excluding steroid dienone is 7. The summed E-state index contributed by atoms with van der Waals surface area (Å²) in [7, 11) is 2.07. The van der Waals surface area contributed by atoms with E-state index in [2.05, 4.69) is 22.6 Å². The number of anilines is 1. The maximum atomic E-state index is 13.1. The van der Waals surface area contributed by atoms with Gasteiger partial charge in [0.2, 0.25) is 0 Å². The number of carboxylic acids is 1. The van der Waals surface area contributed by atoms with E-state index in [9.17, 15) is 14.4 Å². The fraction of sp³-hybridized carbons (Fsp3) is 0.364. The lowest BCUT2D eigenvalue weighted by atomic mass is 10.0. The number of likely N-dealkylation sites (N-methyl/N-ethyl adjacent to an activating group) is 1. The Morgan fingerprint density at radius 2 is 1.83 bits per heavy atom. The fourth-order valence-electron chi connectivity index (χ4n) is 4.85. The molecule has 0 radical (unpaired) electrons. The number of carbonyl (C=O) groups excluding carboxylic acids is 2. The van der Waals surface area contributed by atoms with Crippen molar-refractivity contribution < 1.29 is 19.5 Å². The van der Waals surface area contributed by atoms with Crippen molar-refractivity contribution in [3.8, 4) is 0 Å². The first-order valence-electron chi connectivity index (χ1n) is 14.2. The lowest BCUT2D eigenvalue weighted by Gasteiger charge is -2.33. The van der Waals surface area contributed by atoms with Gasteiger partial charge in [0.25, 0.3) is 11.8 Å². The van der Waals surface area contributed by atoms with Crippen molar-refractivity contribution in [3.05, 3.63) is 87.8 Å². The quantitative estimate of drug-likeness (QED) is 0.264. The van der Waals surface area contributed by atoms with E-state index in [0.717, 1.165) is 63.1 Å². The summed E-state index contributed by atoms with van der Waals surface area (Å²) in [5.74, 6) is -0.229. The summed E-state index contributed by atoms with van der Waals surface area (Å²) in [5, 5.41) is 15.5. The van der Waals surface area contributed by atoms with Crippen LogP contribution in [-0.4, -0.2) is 71.7 Å². The predicted molar refractivity (Wildman–Crippen MR) is 170 cm³/mol. The number of nitrogens with one attached hydrogen (secondary N) is 2. The zero-order valence-corrected chi connectivity index (χ0v) is 25.9. The molecule has 1 aromatic carbocycles. The molecule has 1 aliphatic carbocycles. The molecular weight excluding hydrogens is 548 g/mol. The maximum Gasteiger partial charge on any atom is 0.307 e. The number of aliphatic carboxylic acids is 1. The van der Waals surface area contributed by atoms with E-state index in [1.54, 1.807) is 11.8 Å². The first kappa shape index (κ1) is 31.1. The number of rotatable bonds is 9. The molecule has 3 aliphatic rings. The normalized spacial score (nSPS) is 18.5. The molecule has 0 atom stereocenters. The Labute approximate surface area is 252 Å². The third kappa shape index (κ3) is 7.92. The van der Waals surface area contributed by atoms with Crippen LogP contribution in [0.15, 0.2) is 87.2 Å². The predicted octanol–water partition coefficient (Wildman–Crippen LogP) is 5.35. The second-order valence-electron chi connectivity index (χ2n) is 11.1. The number of thioether (sulfide) groups is 1. The molecule has 0 spiro atoms. The van der Waals surface area contributed by atoms with Gasteiger partial charge in [0.05, 0.1) is 12.0 Å². The molecule has 1 fully saturated rings. The zero-order chi connectivity index (χ0) is 30.4. The van der Waals surface area contributed by atoms with E-state index in [-0.39, 0.29) is 18.2 Å². The van der Waals surface area contributed by atoms with Crippen molar-refractivity contribution in [2.24, 2.45) is 0 Å². The van der Waals surface area contributed by atoms with Gasteiger partial charge in [-0.15, -0.1) is 11.8 Å². The van der Waals surface area contributed by atoms with Crippen LogP contribution >= 0.6 is 11.8 Å². The molecule has 1 aromatic rings. The molecule has 0 saturated carbocycles. The highest BCUT2D eigenvalue weighted by Crippen LogP contribution is 2.36. The van der Waals surface area contributed by atoms with Crippen molar-refractivity contribution in [2.75, 3.05) is 44.3 Å². The Morgan fingerprint density at radius 1 is 1.10 bits per heavy atom. The monoisotopic (exact) mass is 588 g/mol. The zero-order valence-electron chi connectivity index (χ0n) is 25.0. The highest BCUT2D eigenvalue weighted by atomic mass is 32.2. The summed E-state index contributed by atoms with van der Waals surface area (Å²) in [4.78, 5) is 42.4. The molecule has 9 heteroatoms. The van der Waals surface area contributed by atoms with Crippen molar-refractivity contribution in [2.45, 2.75) is 45.4 Å². The van der Waals surface area contributed by atoms with Gasteiger partial charge < -0.3 is 25.5 Å². The summed E-state index contributed by atoms with van der Waals surface area (Å²) < 4.78 is 0. The third-order valence-electron chi connectivity index (χ3n) is 7.63. The van der Waals surface area contributed by atoms with Gasteiger partial charge in [-0.2, -0.15) is 0 Å².